The predicted octanol–water partition coefficient (Wildman–Crippen LogP) is 21.4. The SMILES string of the molecule is CCCCCCCCCCCCCCCCCC(=O)OCC(COP(=O)(O)OCC(O)COP(=O)(O)OCC(COC(=O)CCCCCCCCCCCCCCCCC)OC(=O)CCCCCCCCCCCCC)OC(=O)CCCCCCCCCCCCC. The molecule has 0 rings (SSSR count). The first kappa shape index (κ1) is 90.1. The number of esters is 4. The number of unbranched alkanes of at least 4 members (excludes halogenated alkanes) is 48. The average molecular weight is 1350 g/mol. The first-order valence-corrected chi connectivity index (χ1v) is 41.3. The van der Waals surface area contributed by atoms with E-state index in [-0.39, 0.29) is 25.7 Å². The Kier molecular flexibility index (Phi) is 66.2. The van der Waals surface area contributed by atoms with Gasteiger partial charge in [0, 0.05) is 25.7 Å². The van der Waals surface area contributed by atoms with Crippen LogP contribution in [-0.4, -0.2) is 96.7 Å². The van der Waals surface area contributed by atoms with Gasteiger partial charge in [-0.2, -0.15) is 0 Å². The summed E-state index contributed by atoms with van der Waals surface area (Å²) < 4.78 is 68.4. The van der Waals surface area contributed by atoms with Crippen LogP contribution in [0.2, 0.25) is 0 Å². The summed E-state index contributed by atoms with van der Waals surface area (Å²) in [6, 6.07) is 0. The fourth-order valence-corrected chi connectivity index (χ4v) is 12.8. The third kappa shape index (κ3) is 66.7. The van der Waals surface area contributed by atoms with Gasteiger partial charge in [0.05, 0.1) is 26.4 Å². The molecule has 546 valence electrons. The molecule has 0 aromatic carbocycles. The lowest BCUT2D eigenvalue weighted by molar-refractivity contribution is -0.161. The summed E-state index contributed by atoms with van der Waals surface area (Å²) >= 11 is 0. The molecule has 0 saturated heterocycles. The topological polar surface area (TPSA) is 237 Å². The predicted molar refractivity (Wildman–Crippen MR) is 372 cm³/mol. The van der Waals surface area contributed by atoms with E-state index in [1.54, 1.807) is 0 Å². The van der Waals surface area contributed by atoms with Crippen molar-refractivity contribution in [3.63, 3.8) is 0 Å². The van der Waals surface area contributed by atoms with Crippen molar-refractivity contribution >= 4 is 39.5 Å². The number of carbonyl (C=O) groups is 4. The molecule has 19 heteroatoms. The highest BCUT2D eigenvalue weighted by Gasteiger charge is 2.30. The molecule has 0 saturated carbocycles. The van der Waals surface area contributed by atoms with Crippen LogP contribution in [0.15, 0.2) is 0 Å². The van der Waals surface area contributed by atoms with Gasteiger partial charge in [-0.05, 0) is 25.7 Å². The summed E-state index contributed by atoms with van der Waals surface area (Å²) in [7, 11) is -9.90. The second-order valence-corrected chi connectivity index (χ2v) is 29.2. The van der Waals surface area contributed by atoms with Gasteiger partial charge in [0.15, 0.2) is 12.2 Å². The normalized spacial score (nSPS) is 13.9. The van der Waals surface area contributed by atoms with Gasteiger partial charge < -0.3 is 33.8 Å². The van der Waals surface area contributed by atoms with Crippen LogP contribution in [0.25, 0.3) is 0 Å². The van der Waals surface area contributed by atoms with Gasteiger partial charge >= 0.3 is 39.5 Å². The van der Waals surface area contributed by atoms with Crippen LogP contribution in [0.1, 0.15) is 387 Å². The Morgan fingerprint density at radius 2 is 0.435 bits per heavy atom. The lowest BCUT2D eigenvalue weighted by atomic mass is 10.0. The van der Waals surface area contributed by atoms with E-state index < -0.39 is 97.5 Å². The minimum atomic E-state index is -4.95. The van der Waals surface area contributed by atoms with Crippen LogP contribution in [-0.2, 0) is 65.4 Å². The molecule has 0 aliphatic carbocycles. The Bertz CT molecular complexity index is 1630. The third-order valence-corrected chi connectivity index (χ3v) is 19.0. The minimum Gasteiger partial charge on any atom is -0.462 e. The molecule has 0 aromatic heterocycles. The molecule has 0 spiro atoms. The maximum atomic E-state index is 13.0. The van der Waals surface area contributed by atoms with E-state index in [0.717, 1.165) is 89.9 Å². The number of rotatable bonds is 74. The monoisotopic (exact) mass is 1350 g/mol. The standard InChI is InChI=1S/C73H142O17P2/c1-5-9-13-17-21-25-29-31-33-35-39-41-45-49-53-57-70(75)83-63-68(89-72(77)59-55-51-47-43-37-27-23-19-15-11-7-3)65-87-91(79,80)85-61-67(74)62-86-92(81,82)88-66-69(90-73(78)60-56-52-48-44-38-28-24-20-16-12-8-4)64-84-71(76)58-54-50-46-42-40-36-34-32-30-26-22-18-14-10-6-2/h67-69,74H,5-66H2,1-4H3,(H,79,80)(H,81,82). The molecule has 0 fully saturated rings. The largest absolute Gasteiger partial charge is 0.472 e. The molecule has 92 heavy (non-hydrogen) atoms. The maximum absolute atomic E-state index is 13.0. The maximum Gasteiger partial charge on any atom is 0.472 e. The lowest BCUT2D eigenvalue weighted by Gasteiger charge is -2.21. The number of phosphoric acid groups is 2. The number of ether oxygens (including phenoxy) is 4. The van der Waals surface area contributed by atoms with Crippen LogP contribution in [0.5, 0.6) is 0 Å². The van der Waals surface area contributed by atoms with Gasteiger partial charge in [0.25, 0.3) is 0 Å². The molecule has 0 aliphatic rings. The van der Waals surface area contributed by atoms with Gasteiger partial charge in [-0.1, -0.05) is 336 Å². The van der Waals surface area contributed by atoms with E-state index in [9.17, 15) is 43.2 Å². The van der Waals surface area contributed by atoms with Crippen molar-refractivity contribution in [3.8, 4) is 0 Å². The molecule has 0 aliphatic heterocycles. The van der Waals surface area contributed by atoms with E-state index in [4.69, 9.17) is 37.0 Å². The second kappa shape index (κ2) is 67.6. The van der Waals surface area contributed by atoms with Gasteiger partial charge in [-0.15, -0.1) is 0 Å². The minimum absolute atomic E-state index is 0.108. The van der Waals surface area contributed by atoms with Crippen LogP contribution < -0.4 is 0 Å². The van der Waals surface area contributed by atoms with Crippen molar-refractivity contribution in [2.24, 2.45) is 0 Å². The zero-order valence-corrected chi connectivity index (χ0v) is 61.3. The molecule has 0 heterocycles. The number of aliphatic hydroxyl groups excluding tert-OH is 1. The van der Waals surface area contributed by atoms with Gasteiger partial charge in [0.2, 0.25) is 0 Å². The van der Waals surface area contributed by atoms with Crippen LogP contribution >= 0.6 is 15.6 Å². The van der Waals surface area contributed by atoms with Crippen molar-refractivity contribution < 1.29 is 80.2 Å². The van der Waals surface area contributed by atoms with Crippen molar-refractivity contribution in [3.05, 3.63) is 0 Å². The van der Waals surface area contributed by atoms with Crippen LogP contribution in [0.4, 0.5) is 0 Å². The average Bonchev–Trinajstić information content (AvgIpc) is 2.55. The summed E-state index contributed by atoms with van der Waals surface area (Å²) in [6.07, 6.45) is 56.7. The Hall–Kier alpha value is -1.94. The lowest BCUT2D eigenvalue weighted by Crippen LogP contribution is -2.30. The van der Waals surface area contributed by atoms with Crippen molar-refractivity contribution in [1.29, 1.82) is 0 Å². The molecular formula is C73H142O17P2. The number of phosphoric ester groups is 2. The highest BCUT2D eigenvalue weighted by molar-refractivity contribution is 7.47. The zero-order valence-electron chi connectivity index (χ0n) is 59.5. The van der Waals surface area contributed by atoms with Gasteiger partial charge in [0.1, 0.15) is 19.3 Å². The summed E-state index contributed by atoms with van der Waals surface area (Å²) in [5.74, 6) is -2.11. The molecule has 4 unspecified atom stereocenters. The summed E-state index contributed by atoms with van der Waals surface area (Å²) in [5.41, 5.74) is 0. The molecule has 17 nitrogen and oxygen atoms in total. The van der Waals surface area contributed by atoms with Crippen molar-refractivity contribution in [1.82, 2.24) is 0 Å². The number of aliphatic hydroxyl groups is 1. The van der Waals surface area contributed by atoms with E-state index in [1.807, 2.05) is 0 Å². The Labute approximate surface area is 562 Å². The van der Waals surface area contributed by atoms with E-state index in [2.05, 4.69) is 27.7 Å². The third-order valence-electron chi connectivity index (χ3n) is 17.1. The highest BCUT2D eigenvalue weighted by atomic mass is 31.2. The van der Waals surface area contributed by atoms with E-state index in [0.29, 0.717) is 25.7 Å². The summed E-state index contributed by atoms with van der Waals surface area (Å²) in [5, 5.41) is 10.6. The fraction of sp³-hybridized carbons (Fsp3) is 0.945. The molecule has 3 N–H and O–H groups in total. The fourth-order valence-electron chi connectivity index (χ4n) is 11.2. The molecule has 0 bridgehead atoms. The Morgan fingerprint density at radius 3 is 0.641 bits per heavy atom. The Morgan fingerprint density at radius 1 is 0.261 bits per heavy atom. The van der Waals surface area contributed by atoms with Crippen molar-refractivity contribution in [2.75, 3.05) is 39.6 Å². The molecule has 0 amide bonds. The number of hydrogen-bond donors (Lipinski definition) is 3. The number of carbonyl (C=O) groups excluding carboxylic acids is 4. The zero-order chi connectivity index (χ0) is 67.5. The second-order valence-electron chi connectivity index (χ2n) is 26.3. The Balaban J connectivity index is 5.21. The van der Waals surface area contributed by atoms with Gasteiger partial charge in [-0.3, -0.25) is 37.3 Å². The van der Waals surface area contributed by atoms with E-state index >= 15 is 0 Å². The highest BCUT2D eigenvalue weighted by Crippen LogP contribution is 2.45. The molecular weight excluding hydrogens is 1210 g/mol. The quantitative estimate of drug-likeness (QED) is 0.0222. The number of hydrogen-bond acceptors (Lipinski definition) is 15. The molecule has 0 radical (unpaired) electrons. The molecule has 0 aromatic rings. The first-order valence-electron chi connectivity index (χ1n) is 38.3. The van der Waals surface area contributed by atoms with E-state index in [1.165, 1.54) is 218 Å². The van der Waals surface area contributed by atoms with Gasteiger partial charge in [-0.25, -0.2) is 9.13 Å². The first-order chi connectivity index (χ1) is 44.7. The molecule has 4 atom stereocenters. The smallest absolute Gasteiger partial charge is 0.462 e. The van der Waals surface area contributed by atoms with Crippen LogP contribution in [0, 0.1) is 0 Å². The van der Waals surface area contributed by atoms with Crippen molar-refractivity contribution in [2.45, 2.75) is 406 Å². The van der Waals surface area contributed by atoms with Crippen LogP contribution in [0.3, 0.4) is 0 Å². The summed E-state index contributed by atoms with van der Waals surface area (Å²) in [6.45, 7) is 4.97. The summed E-state index contributed by atoms with van der Waals surface area (Å²) in [4.78, 5) is 72.7.